The molecule has 0 heterocycles. The molecular formula is C15H19NO4S. The maximum absolute atomic E-state index is 12.7. The van der Waals surface area contributed by atoms with Crippen LogP contribution in [0.2, 0.25) is 0 Å². The summed E-state index contributed by atoms with van der Waals surface area (Å²) in [5, 5.41) is 8.79. The van der Waals surface area contributed by atoms with Gasteiger partial charge in [0, 0.05) is 12.6 Å². The lowest BCUT2D eigenvalue weighted by atomic mass is 10.2. The molecule has 1 aliphatic carbocycles. The van der Waals surface area contributed by atoms with Crippen LogP contribution >= 0.6 is 0 Å². The van der Waals surface area contributed by atoms with Gasteiger partial charge in [-0.2, -0.15) is 4.31 Å². The summed E-state index contributed by atoms with van der Waals surface area (Å²) in [5.41, 5.74) is 0.458. The van der Waals surface area contributed by atoms with Crippen LogP contribution in [0.1, 0.15) is 25.3 Å². The molecule has 0 amide bonds. The molecule has 21 heavy (non-hydrogen) atoms. The number of rotatable bonds is 5. The fourth-order valence-electron chi connectivity index (χ4n) is 2.20. The molecule has 5 nitrogen and oxygen atoms in total. The van der Waals surface area contributed by atoms with Gasteiger partial charge in [0.1, 0.15) is 12.4 Å². The summed E-state index contributed by atoms with van der Waals surface area (Å²) >= 11 is 0. The summed E-state index contributed by atoms with van der Waals surface area (Å²) < 4.78 is 32.0. The zero-order valence-electron chi connectivity index (χ0n) is 12.2. The average Bonchev–Trinajstić information content (AvgIpc) is 3.29. The van der Waals surface area contributed by atoms with Crippen molar-refractivity contribution in [2.45, 2.75) is 30.7 Å². The van der Waals surface area contributed by atoms with Gasteiger partial charge in [-0.1, -0.05) is 18.8 Å². The number of hydrogen-bond donors (Lipinski definition) is 1. The van der Waals surface area contributed by atoms with Gasteiger partial charge in [-0.05, 0) is 31.0 Å². The highest BCUT2D eigenvalue weighted by molar-refractivity contribution is 7.89. The summed E-state index contributed by atoms with van der Waals surface area (Å²) in [5.74, 6) is 5.72. The number of sulfonamides is 1. The van der Waals surface area contributed by atoms with E-state index in [1.165, 1.54) is 23.5 Å². The number of benzene rings is 1. The quantitative estimate of drug-likeness (QED) is 0.830. The van der Waals surface area contributed by atoms with Gasteiger partial charge in [-0.3, -0.25) is 0 Å². The Balaban J connectivity index is 2.43. The van der Waals surface area contributed by atoms with Gasteiger partial charge in [0.15, 0.2) is 0 Å². The lowest BCUT2D eigenvalue weighted by Crippen LogP contribution is -2.32. The van der Waals surface area contributed by atoms with Crippen molar-refractivity contribution in [3.05, 3.63) is 23.8 Å². The van der Waals surface area contributed by atoms with Crippen molar-refractivity contribution in [2.75, 3.05) is 20.3 Å². The van der Waals surface area contributed by atoms with Crippen molar-refractivity contribution >= 4 is 10.0 Å². The minimum Gasteiger partial charge on any atom is -0.495 e. The molecule has 0 radical (unpaired) electrons. The number of hydrogen-bond acceptors (Lipinski definition) is 4. The Labute approximate surface area is 125 Å². The summed E-state index contributed by atoms with van der Waals surface area (Å²) in [6.45, 7) is 2.01. The Morgan fingerprint density at radius 1 is 1.43 bits per heavy atom. The van der Waals surface area contributed by atoms with Crippen LogP contribution in [0.5, 0.6) is 5.75 Å². The molecule has 114 valence electrons. The molecule has 1 fully saturated rings. The van der Waals surface area contributed by atoms with E-state index in [1.807, 2.05) is 6.92 Å². The first-order valence-electron chi connectivity index (χ1n) is 6.84. The molecule has 1 aromatic rings. The first kappa shape index (κ1) is 15.8. The van der Waals surface area contributed by atoms with Crippen molar-refractivity contribution in [1.82, 2.24) is 4.31 Å². The van der Waals surface area contributed by atoms with Gasteiger partial charge in [0.25, 0.3) is 0 Å². The first-order chi connectivity index (χ1) is 10.0. The molecule has 0 atom stereocenters. The molecule has 6 heteroatoms. The van der Waals surface area contributed by atoms with Crippen molar-refractivity contribution in [1.29, 1.82) is 0 Å². The van der Waals surface area contributed by atoms with E-state index in [0.717, 1.165) is 12.8 Å². The summed E-state index contributed by atoms with van der Waals surface area (Å²) in [6, 6.07) is 4.74. The predicted molar refractivity (Wildman–Crippen MR) is 79.5 cm³/mol. The number of ether oxygens (including phenoxy) is 1. The topological polar surface area (TPSA) is 66.8 Å². The minimum absolute atomic E-state index is 0.120. The van der Waals surface area contributed by atoms with Gasteiger partial charge < -0.3 is 9.84 Å². The van der Waals surface area contributed by atoms with Crippen molar-refractivity contribution in [3.8, 4) is 17.6 Å². The zero-order chi connectivity index (χ0) is 15.5. The van der Waals surface area contributed by atoms with Gasteiger partial charge in [-0.25, -0.2) is 8.42 Å². The van der Waals surface area contributed by atoms with Gasteiger partial charge >= 0.3 is 0 Å². The molecule has 0 spiro atoms. The number of nitrogens with zero attached hydrogens (tertiary/aromatic N) is 1. The number of aliphatic hydroxyl groups excluding tert-OH is 1. The van der Waals surface area contributed by atoms with Crippen LogP contribution in [-0.4, -0.2) is 44.1 Å². The second-order valence-electron chi connectivity index (χ2n) is 4.76. The lowest BCUT2D eigenvalue weighted by Gasteiger charge is -2.20. The van der Waals surface area contributed by atoms with Crippen LogP contribution in [0, 0.1) is 11.8 Å². The number of methoxy groups -OCH3 is 1. The Morgan fingerprint density at radius 3 is 2.67 bits per heavy atom. The molecule has 0 aromatic heterocycles. The molecule has 2 rings (SSSR count). The van der Waals surface area contributed by atoms with E-state index in [1.54, 1.807) is 6.07 Å². The van der Waals surface area contributed by atoms with Gasteiger partial charge in [0.2, 0.25) is 10.0 Å². The highest BCUT2D eigenvalue weighted by Gasteiger charge is 2.37. The molecule has 1 aromatic carbocycles. The Morgan fingerprint density at radius 2 is 2.14 bits per heavy atom. The fraction of sp³-hybridized carbons (Fsp3) is 0.467. The van der Waals surface area contributed by atoms with Crippen molar-refractivity contribution in [3.63, 3.8) is 0 Å². The molecular weight excluding hydrogens is 290 g/mol. The first-order valence-corrected chi connectivity index (χ1v) is 8.28. The van der Waals surface area contributed by atoms with Gasteiger partial charge in [-0.15, -0.1) is 0 Å². The SMILES string of the molecule is CCN(C1CC1)S(=O)(=O)c1ccc(OC)c(C#CCO)c1. The Bertz CT molecular complexity index is 669. The Hall–Kier alpha value is -1.55. The number of aliphatic hydroxyl groups is 1. The summed E-state index contributed by atoms with van der Waals surface area (Å²) in [6.07, 6.45) is 1.83. The van der Waals surface area contributed by atoms with Crippen LogP contribution in [0.15, 0.2) is 23.1 Å². The van der Waals surface area contributed by atoms with E-state index in [9.17, 15) is 8.42 Å². The predicted octanol–water partition coefficient (Wildman–Crippen LogP) is 1.21. The molecule has 0 saturated heterocycles. The standard InChI is InChI=1S/C15H19NO4S/c1-3-16(13-6-7-13)21(18,19)14-8-9-15(20-2)12(11-14)5-4-10-17/h8-9,11,13,17H,3,6-7,10H2,1-2H3. The van der Waals surface area contributed by atoms with Crippen molar-refractivity contribution in [2.24, 2.45) is 0 Å². The highest BCUT2D eigenvalue weighted by Crippen LogP contribution is 2.32. The van der Waals surface area contributed by atoms with E-state index in [0.29, 0.717) is 17.9 Å². The maximum atomic E-state index is 12.7. The third kappa shape index (κ3) is 3.38. The van der Waals surface area contributed by atoms with E-state index in [4.69, 9.17) is 9.84 Å². The van der Waals surface area contributed by atoms with Crippen LogP contribution in [0.3, 0.4) is 0 Å². The minimum atomic E-state index is -3.51. The average molecular weight is 309 g/mol. The maximum Gasteiger partial charge on any atom is 0.243 e. The van der Waals surface area contributed by atoms with E-state index in [-0.39, 0.29) is 17.5 Å². The Kier molecular flexibility index (Phi) is 4.88. The smallest absolute Gasteiger partial charge is 0.243 e. The largest absolute Gasteiger partial charge is 0.495 e. The molecule has 0 bridgehead atoms. The second kappa shape index (κ2) is 6.48. The normalized spacial score (nSPS) is 14.7. The van der Waals surface area contributed by atoms with E-state index >= 15 is 0 Å². The van der Waals surface area contributed by atoms with Crippen LogP contribution < -0.4 is 4.74 Å². The molecule has 0 unspecified atom stereocenters. The third-order valence-corrected chi connectivity index (χ3v) is 5.37. The summed E-state index contributed by atoms with van der Waals surface area (Å²) in [7, 11) is -2.02. The van der Waals surface area contributed by atoms with Crippen molar-refractivity contribution < 1.29 is 18.3 Å². The fourth-order valence-corrected chi connectivity index (χ4v) is 3.92. The van der Waals surface area contributed by atoms with Gasteiger partial charge in [0.05, 0.1) is 17.6 Å². The summed E-state index contributed by atoms with van der Waals surface area (Å²) in [4.78, 5) is 0.208. The third-order valence-electron chi connectivity index (χ3n) is 3.35. The lowest BCUT2D eigenvalue weighted by molar-refractivity contribution is 0.350. The van der Waals surface area contributed by atoms with Crippen LogP contribution in [0.4, 0.5) is 0 Å². The second-order valence-corrected chi connectivity index (χ2v) is 6.65. The monoisotopic (exact) mass is 309 g/mol. The van der Waals surface area contributed by atoms with Crippen LogP contribution in [-0.2, 0) is 10.0 Å². The molecule has 1 saturated carbocycles. The van der Waals surface area contributed by atoms with E-state index in [2.05, 4.69) is 11.8 Å². The molecule has 0 aliphatic heterocycles. The zero-order valence-corrected chi connectivity index (χ0v) is 13.0. The molecule has 1 N–H and O–H groups in total. The molecule has 1 aliphatic rings. The van der Waals surface area contributed by atoms with E-state index < -0.39 is 10.0 Å². The van der Waals surface area contributed by atoms with Crippen LogP contribution in [0.25, 0.3) is 0 Å². The highest BCUT2D eigenvalue weighted by atomic mass is 32.2.